The zero-order chi connectivity index (χ0) is 29.5. The highest BCUT2D eigenvalue weighted by molar-refractivity contribution is 5.95. The molecule has 0 fully saturated rings. The van der Waals surface area contributed by atoms with Gasteiger partial charge < -0.3 is 9.80 Å². The Morgan fingerprint density at radius 3 is 2.33 bits per heavy atom. The number of carbonyl (C=O) groups is 2. The van der Waals surface area contributed by atoms with Crippen molar-refractivity contribution in [1.82, 2.24) is 24.8 Å². The number of carbonyl (C=O) groups excluding carboxylic acids is 2. The van der Waals surface area contributed by atoms with Gasteiger partial charge in [-0.3, -0.25) is 19.5 Å². The zero-order valence-corrected chi connectivity index (χ0v) is 24.6. The van der Waals surface area contributed by atoms with Crippen molar-refractivity contribution < 1.29 is 9.59 Å². The fourth-order valence-corrected chi connectivity index (χ4v) is 5.35. The molecule has 0 atom stereocenters. The fourth-order valence-electron chi connectivity index (χ4n) is 5.35. The molecule has 0 saturated carbocycles. The third kappa shape index (κ3) is 7.06. The number of pyridine rings is 1. The molecule has 0 N–H and O–H groups in total. The molecule has 0 bridgehead atoms. The van der Waals surface area contributed by atoms with Crippen molar-refractivity contribution >= 4 is 17.5 Å². The van der Waals surface area contributed by atoms with E-state index in [9.17, 15) is 9.59 Å². The number of aromatic nitrogens is 3. The minimum absolute atomic E-state index is 0.0187. The van der Waals surface area contributed by atoms with Gasteiger partial charge in [0.2, 0.25) is 5.91 Å². The summed E-state index contributed by atoms with van der Waals surface area (Å²) in [4.78, 5) is 46.3. The summed E-state index contributed by atoms with van der Waals surface area (Å²) < 4.78 is 0. The van der Waals surface area contributed by atoms with Crippen LogP contribution in [0.4, 0.5) is 5.69 Å². The summed E-state index contributed by atoms with van der Waals surface area (Å²) in [5, 5.41) is 0. The van der Waals surface area contributed by atoms with E-state index in [1.54, 1.807) is 25.5 Å². The number of hydrogen-bond donors (Lipinski definition) is 0. The van der Waals surface area contributed by atoms with Gasteiger partial charge in [0.15, 0.2) is 0 Å². The Labute approximate surface area is 248 Å². The smallest absolute Gasteiger partial charge is 0.257 e. The van der Waals surface area contributed by atoms with Crippen molar-refractivity contribution in [2.24, 2.45) is 0 Å². The summed E-state index contributed by atoms with van der Waals surface area (Å²) in [6.45, 7) is 9.40. The number of nitrogens with zero attached hydrogens (tertiary/aromatic N) is 6. The molecule has 0 radical (unpaired) electrons. The van der Waals surface area contributed by atoms with Crippen LogP contribution in [0.3, 0.4) is 0 Å². The van der Waals surface area contributed by atoms with Crippen molar-refractivity contribution in [1.29, 1.82) is 0 Å². The first-order valence-electron chi connectivity index (χ1n) is 14.6. The molecule has 42 heavy (non-hydrogen) atoms. The van der Waals surface area contributed by atoms with Crippen LogP contribution in [0, 0.1) is 0 Å². The molecule has 2 amide bonds. The normalized spacial score (nSPS) is 14.8. The monoisotopic (exact) mass is 562 g/mol. The second kappa shape index (κ2) is 13.5. The van der Waals surface area contributed by atoms with Gasteiger partial charge in [0.1, 0.15) is 5.82 Å². The maximum atomic E-state index is 14.0. The number of benzene rings is 2. The number of hydrogen-bond acceptors (Lipinski definition) is 6. The van der Waals surface area contributed by atoms with E-state index in [0.29, 0.717) is 37.6 Å². The summed E-state index contributed by atoms with van der Waals surface area (Å²) in [5.41, 5.74) is 5.39. The SMILES string of the molecule is CC(=O)N1CCCN(Cc2ccccc2)CCN(C(=O)c2cnc(C(C)C)nc2)Cc2cc(-c3cccnc3)ccc21. The van der Waals surface area contributed by atoms with Gasteiger partial charge in [0, 0.05) is 82.6 Å². The van der Waals surface area contributed by atoms with Crippen LogP contribution in [-0.4, -0.2) is 62.7 Å². The second-order valence-electron chi connectivity index (χ2n) is 11.1. The minimum atomic E-state index is -0.128. The van der Waals surface area contributed by atoms with Crippen LogP contribution in [0.5, 0.6) is 0 Å². The maximum absolute atomic E-state index is 14.0. The molecule has 2 aromatic carbocycles. The summed E-state index contributed by atoms with van der Waals surface area (Å²) in [7, 11) is 0. The molecule has 8 heteroatoms. The quantitative estimate of drug-likeness (QED) is 0.317. The number of rotatable bonds is 5. The topological polar surface area (TPSA) is 82.5 Å². The van der Waals surface area contributed by atoms with Crippen LogP contribution in [0.2, 0.25) is 0 Å². The van der Waals surface area contributed by atoms with Gasteiger partial charge >= 0.3 is 0 Å². The van der Waals surface area contributed by atoms with Crippen molar-refractivity contribution in [3.05, 3.63) is 108 Å². The van der Waals surface area contributed by atoms with Crippen molar-refractivity contribution in [3.8, 4) is 11.1 Å². The molecule has 1 aliphatic rings. The molecule has 2 aromatic heterocycles. The average molecular weight is 563 g/mol. The molecule has 5 rings (SSSR count). The van der Waals surface area contributed by atoms with Crippen LogP contribution >= 0.6 is 0 Å². The Bertz CT molecular complexity index is 1490. The lowest BCUT2D eigenvalue weighted by atomic mass is 10.0. The molecule has 0 saturated heterocycles. The Morgan fingerprint density at radius 1 is 0.857 bits per heavy atom. The Morgan fingerprint density at radius 2 is 1.64 bits per heavy atom. The predicted octanol–water partition coefficient (Wildman–Crippen LogP) is 5.56. The lowest BCUT2D eigenvalue weighted by Gasteiger charge is -2.28. The van der Waals surface area contributed by atoms with E-state index in [1.165, 1.54) is 5.56 Å². The number of anilines is 1. The van der Waals surface area contributed by atoms with E-state index in [2.05, 4.69) is 38.1 Å². The lowest BCUT2D eigenvalue weighted by molar-refractivity contribution is -0.116. The second-order valence-corrected chi connectivity index (χ2v) is 11.1. The standard InChI is InChI=1S/C34H38N6O2/c1-25(2)33-36-21-31(22-37-33)34(42)39-18-17-38(23-27-9-5-4-6-10-27)15-8-16-40(26(3)41)32-13-12-28(19-30(32)24-39)29-11-7-14-35-20-29/h4-7,9-14,19-22,25H,8,15-18,23-24H2,1-3H3. The number of amides is 2. The van der Waals surface area contributed by atoms with Crippen LogP contribution < -0.4 is 4.90 Å². The molecular formula is C34H38N6O2. The average Bonchev–Trinajstić information content (AvgIpc) is 3.04. The van der Waals surface area contributed by atoms with Gasteiger partial charge in [-0.2, -0.15) is 0 Å². The van der Waals surface area contributed by atoms with Gasteiger partial charge in [-0.1, -0.05) is 56.3 Å². The van der Waals surface area contributed by atoms with Gasteiger partial charge in [-0.15, -0.1) is 0 Å². The van der Waals surface area contributed by atoms with Crippen LogP contribution in [-0.2, 0) is 17.9 Å². The molecule has 4 aromatic rings. The first kappa shape index (κ1) is 29.1. The highest BCUT2D eigenvalue weighted by Crippen LogP contribution is 2.30. The zero-order valence-electron chi connectivity index (χ0n) is 24.6. The van der Waals surface area contributed by atoms with Gasteiger partial charge in [-0.25, -0.2) is 9.97 Å². The fraction of sp³-hybridized carbons (Fsp3) is 0.324. The summed E-state index contributed by atoms with van der Waals surface area (Å²) in [5.74, 6) is 0.737. The molecule has 0 spiro atoms. The predicted molar refractivity (Wildman–Crippen MR) is 165 cm³/mol. The Hall–Kier alpha value is -4.43. The van der Waals surface area contributed by atoms with Gasteiger partial charge in [0.25, 0.3) is 5.91 Å². The van der Waals surface area contributed by atoms with E-state index < -0.39 is 0 Å². The Kier molecular flexibility index (Phi) is 9.34. The summed E-state index contributed by atoms with van der Waals surface area (Å²) >= 11 is 0. The molecule has 0 unspecified atom stereocenters. The minimum Gasteiger partial charge on any atom is -0.333 e. The van der Waals surface area contributed by atoms with E-state index in [4.69, 9.17) is 0 Å². The lowest BCUT2D eigenvalue weighted by Crippen LogP contribution is -2.38. The number of fused-ring (bicyclic) bond motifs is 1. The molecule has 216 valence electrons. The first-order chi connectivity index (χ1) is 20.4. The maximum Gasteiger partial charge on any atom is 0.257 e. The van der Waals surface area contributed by atoms with E-state index >= 15 is 0 Å². The highest BCUT2D eigenvalue weighted by atomic mass is 16.2. The third-order valence-corrected chi connectivity index (χ3v) is 7.62. The van der Waals surface area contributed by atoms with Crippen molar-refractivity contribution in [2.75, 3.05) is 31.1 Å². The first-order valence-corrected chi connectivity index (χ1v) is 14.6. The summed E-state index contributed by atoms with van der Waals surface area (Å²) in [6.07, 6.45) is 7.65. The Balaban J connectivity index is 1.53. The highest BCUT2D eigenvalue weighted by Gasteiger charge is 2.24. The molecular weight excluding hydrogens is 524 g/mol. The van der Waals surface area contributed by atoms with E-state index in [-0.39, 0.29) is 17.7 Å². The van der Waals surface area contributed by atoms with Crippen molar-refractivity contribution in [3.63, 3.8) is 0 Å². The van der Waals surface area contributed by atoms with Crippen LogP contribution in [0.25, 0.3) is 11.1 Å². The molecule has 3 heterocycles. The van der Waals surface area contributed by atoms with Gasteiger partial charge in [-0.05, 0) is 46.9 Å². The van der Waals surface area contributed by atoms with E-state index in [1.807, 2.05) is 72.3 Å². The molecule has 0 aliphatic carbocycles. The van der Waals surface area contributed by atoms with Crippen LogP contribution in [0.1, 0.15) is 60.4 Å². The molecule has 8 nitrogen and oxygen atoms in total. The van der Waals surface area contributed by atoms with Crippen LogP contribution in [0.15, 0.2) is 85.5 Å². The summed E-state index contributed by atoms with van der Waals surface area (Å²) in [6, 6.07) is 20.4. The van der Waals surface area contributed by atoms with Crippen molar-refractivity contribution in [2.45, 2.75) is 46.2 Å². The molecule has 1 aliphatic heterocycles. The third-order valence-electron chi connectivity index (χ3n) is 7.62. The van der Waals surface area contributed by atoms with E-state index in [0.717, 1.165) is 41.9 Å². The largest absolute Gasteiger partial charge is 0.333 e. The van der Waals surface area contributed by atoms with Gasteiger partial charge in [0.05, 0.1) is 5.56 Å².